The number of likely N-dealkylation sites (tertiary alicyclic amines) is 1. The van der Waals surface area contributed by atoms with Crippen LogP contribution in [-0.2, 0) is 4.79 Å². The van der Waals surface area contributed by atoms with Crippen LogP contribution >= 0.6 is 0 Å². The second kappa shape index (κ2) is 5.08. The molecule has 6 heteroatoms. The number of amides is 2. The first kappa shape index (κ1) is 13.7. The zero-order valence-electron chi connectivity index (χ0n) is 11.1. The van der Waals surface area contributed by atoms with Crippen molar-refractivity contribution in [1.29, 1.82) is 5.26 Å². The Balaban J connectivity index is 1.99. The Hall–Kier alpha value is -1.77. The van der Waals surface area contributed by atoms with Crippen LogP contribution < -0.4 is 0 Å². The smallest absolute Gasteiger partial charge is 0.320 e. The average Bonchev–Trinajstić information content (AvgIpc) is 3.12. The fraction of sp³-hybridized carbons (Fsp3) is 0.769. The Kier molecular flexibility index (Phi) is 3.65. The summed E-state index contributed by atoms with van der Waals surface area (Å²) < 4.78 is 0. The number of urea groups is 1. The van der Waals surface area contributed by atoms with Gasteiger partial charge in [0, 0.05) is 25.7 Å². The molecule has 0 aromatic carbocycles. The maximum absolute atomic E-state index is 12.4. The van der Waals surface area contributed by atoms with Crippen molar-refractivity contribution in [3.63, 3.8) is 0 Å². The summed E-state index contributed by atoms with van der Waals surface area (Å²) in [5, 5.41) is 17.8. The number of aliphatic carboxylic acids is 1. The van der Waals surface area contributed by atoms with E-state index in [-0.39, 0.29) is 18.6 Å². The van der Waals surface area contributed by atoms with Crippen LogP contribution in [0.3, 0.4) is 0 Å². The lowest BCUT2D eigenvalue weighted by molar-refractivity contribution is -0.147. The van der Waals surface area contributed by atoms with Crippen molar-refractivity contribution in [3.8, 4) is 6.07 Å². The molecule has 2 aliphatic rings. The number of hydrogen-bond acceptors (Lipinski definition) is 3. The second-order valence-corrected chi connectivity index (χ2v) is 5.65. The van der Waals surface area contributed by atoms with Crippen molar-refractivity contribution in [1.82, 2.24) is 9.80 Å². The van der Waals surface area contributed by atoms with Crippen LogP contribution in [0, 0.1) is 16.7 Å². The molecule has 19 heavy (non-hydrogen) atoms. The van der Waals surface area contributed by atoms with E-state index < -0.39 is 11.4 Å². The van der Waals surface area contributed by atoms with Crippen molar-refractivity contribution < 1.29 is 14.7 Å². The molecule has 0 bridgehead atoms. The van der Waals surface area contributed by atoms with Crippen molar-refractivity contribution in [2.45, 2.75) is 38.6 Å². The highest BCUT2D eigenvalue weighted by Gasteiger charge is 2.44. The van der Waals surface area contributed by atoms with Gasteiger partial charge in [-0.2, -0.15) is 5.26 Å². The van der Waals surface area contributed by atoms with Crippen LogP contribution in [0.15, 0.2) is 0 Å². The lowest BCUT2D eigenvalue weighted by Crippen LogP contribution is -2.45. The zero-order valence-corrected chi connectivity index (χ0v) is 11.1. The first-order valence-corrected chi connectivity index (χ1v) is 6.64. The van der Waals surface area contributed by atoms with Gasteiger partial charge in [0.05, 0.1) is 17.9 Å². The molecule has 1 aliphatic heterocycles. The molecule has 6 nitrogen and oxygen atoms in total. The molecule has 1 saturated carbocycles. The number of nitrogens with zero attached hydrogens (tertiary/aromatic N) is 3. The largest absolute Gasteiger partial charge is 0.481 e. The van der Waals surface area contributed by atoms with Crippen LogP contribution in [-0.4, -0.2) is 52.6 Å². The monoisotopic (exact) mass is 265 g/mol. The molecule has 1 heterocycles. The molecule has 1 atom stereocenters. The van der Waals surface area contributed by atoms with E-state index in [1.807, 2.05) is 0 Å². The van der Waals surface area contributed by atoms with Gasteiger partial charge in [-0.1, -0.05) is 0 Å². The topological polar surface area (TPSA) is 84.6 Å². The minimum Gasteiger partial charge on any atom is -0.481 e. The lowest BCUT2D eigenvalue weighted by atomic mass is 9.90. The van der Waals surface area contributed by atoms with E-state index in [2.05, 4.69) is 6.07 Å². The quantitative estimate of drug-likeness (QED) is 0.829. The van der Waals surface area contributed by atoms with Crippen molar-refractivity contribution in [2.75, 3.05) is 19.6 Å². The molecule has 0 radical (unpaired) electrons. The normalized spacial score (nSPS) is 26.0. The molecule has 0 aromatic heterocycles. The third-order valence-corrected chi connectivity index (χ3v) is 3.96. The molecule has 1 N–H and O–H groups in total. The van der Waals surface area contributed by atoms with Crippen molar-refractivity contribution >= 4 is 12.0 Å². The summed E-state index contributed by atoms with van der Waals surface area (Å²) in [7, 11) is 0. The highest BCUT2D eigenvalue weighted by molar-refractivity contribution is 5.80. The second-order valence-electron chi connectivity index (χ2n) is 5.65. The van der Waals surface area contributed by atoms with Gasteiger partial charge < -0.3 is 14.9 Å². The summed E-state index contributed by atoms with van der Waals surface area (Å²) >= 11 is 0. The van der Waals surface area contributed by atoms with Gasteiger partial charge in [-0.25, -0.2) is 4.79 Å². The van der Waals surface area contributed by atoms with Crippen LogP contribution in [0.1, 0.15) is 32.6 Å². The number of carboxylic acids is 1. The Labute approximate surface area is 112 Å². The zero-order chi connectivity index (χ0) is 14.0. The molecule has 2 amide bonds. The summed E-state index contributed by atoms with van der Waals surface area (Å²) in [4.78, 5) is 26.9. The highest BCUT2D eigenvalue weighted by Crippen LogP contribution is 2.33. The number of carbonyl (C=O) groups excluding carboxylic acids is 1. The van der Waals surface area contributed by atoms with Crippen molar-refractivity contribution in [2.24, 2.45) is 5.41 Å². The van der Waals surface area contributed by atoms with Gasteiger partial charge in [-0.3, -0.25) is 4.79 Å². The molecule has 1 aliphatic carbocycles. The third kappa shape index (κ3) is 2.80. The molecular weight excluding hydrogens is 246 g/mol. The summed E-state index contributed by atoms with van der Waals surface area (Å²) in [5.74, 6) is -0.849. The maximum Gasteiger partial charge on any atom is 0.320 e. The molecular formula is C13H19N3O3. The standard InChI is InChI=1S/C13H19N3O3/c1-13(11(17)18)5-8-15(9-13)12(19)16(7-2-6-14)10-3-4-10/h10H,2-5,7-9H2,1H3,(H,17,18). The highest BCUT2D eigenvalue weighted by atomic mass is 16.4. The number of rotatable bonds is 4. The van der Waals surface area contributed by atoms with Gasteiger partial charge in [-0.15, -0.1) is 0 Å². The number of carbonyl (C=O) groups is 2. The molecule has 0 aromatic rings. The molecule has 0 spiro atoms. The van der Waals surface area contributed by atoms with Gasteiger partial charge in [0.2, 0.25) is 0 Å². The molecule has 2 fully saturated rings. The van der Waals surface area contributed by atoms with E-state index >= 15 is 0 Å². The Morgan fingerprint density at radius 2 is 2.21 bits per heavy atom. The first-order valence-electron chi connectivity index (χ1n) is 6.64. The van der Waals surface area contributed by atoms with Crippen molar-refractivity contribution in [3.05, 3.63) is 0 Å². The SMILES string of the molecule is CC1(C(=O)O)CCN(C(=O)N(CCC#N)C2CC2)C1. The Morgan fingerprint density at radius 1 is 1.53 bits per heavy atom. The van der Waals surface area contributed by atoms with E-state index in [1.165, 1.54) is 0 Å². The summed E-state index contributed by atoms with van der Waals surface area (Å²) in [6, 6.07) is 2.19. The van der Waals surface area contributed by atoms with E-state index in [1.54, 1.807) is 16.7 Å². The number of hydrogen-bond donors (Lipinski definition) is 1. The summed E-state index contributed by atoms with van der Waals surface area (Å²) in [6.45, 7) is 2.87. The first-order chi connectivity index (χ1) is 8.98. The van der Waals surface area contributed by atoms with Crippen LogP contribution in [0.5, 0.6) is 0 Å². The molecule has 2 rings (SSSR count). The van der Waals surface area contributed by atoms with Crippen LogP contribution in [0.25, 0.3) is 0 Å². The van der Waals surface area contributed by atoms with E-state index in [0.29, 0.717) is 25.9 Å². The third-order valence-electron chi connectivity index (χ3n) is 3.96. The van der Waals surface area contributed by atoms with E-state index in [9.17, 15) is 14.7 Å². The molecule has 1 unspecified atom stereocenters. The Bertz CT molecular complexity index is 427. The fourth-order valence-corrected chi connectivity index (χ4v) is 2.47. The molecule has 1 saturated heterocycles. The predicted octanol–water partition coefficient (Wildman–Crippen LogP) is 1.28. The van der Waals surface area contributed by atoms with Gasteiger partial charge in [0.15, 0.2) is 0 Å². The van der Waals surface area contributed by atoms with Gasteiger partial charge >= 0.3 is 12.0 Å². The summed E-state index contributed by atoms with van der Waals surface area (Å²) in [5.41, 5.74) is -0.833. The number of nitriles is 1. The fourth-order valence-electron chi connectivity index (χ4n) is 2.47. The maximum atomic E-state index is 12.4. The van der Waals surface area contributed by atoms with E-state index in [4.69, 9.17) is 5.26 Å². The van der Waals surface area contributed by atoms with Gasteiger partial charge in [-0.05, 0) is 26.2 Å². The number of carboxylic acid groups (broad SMARTS) is 1. The minimum absolute atomic E-state index is 0.109. The van der Waals surface area contributed by atoms with Gasteiger partial charge in [0.1, 0.15) is 0 Å². The van der Waals surface area contributed by atoms with E-state index in [0.717, 1.165) is 12.8 Å². The van der Waals surface area contributed by atoms with Crippen LogP contribution in [0.4, 0.5) is 4.79 Å². The average molecular weight is 265 g/mol. The molecule has 104 valence electrons. The summed E-state index contributed by atoms with van der Waals surface area (Å²) in [6.07, 6.45) is 2.79. The van der Waals surface area contributed by atoms with Crippen LogP contribution in [0.2, 0.25) is 0 Å². The predicted molar refractivity (Wildman–Crippen MR) is 67.3 cm³/mol. The lowest BCUT2D eigenvalue weighted by Gasteiger charge is -2.28. The van der Waals surface area contributed by atoms with Gasteiger partial charge in [0.25, 0.3) is 0 Å². The minimum atomic E-state index is -0.849. The Morgan fingerprint density at radius 3 is 2.68 bits per heavy atom.